The van der Waals surface area contributed by atoms with Crippen LogP contribution in [0.4, 0.5) is 10.1 Å². The summed E-state index contributed by atoms with van der Waals surface area (Å²) < 4.78 is 39.1. The lowest BCUT2D eigenvalue weighted by Crippen LogP contribution is -2.51. The summed E-state index contributed by atoms with van der Waals surface area (Å²) >= 11 is 12.1. The molecule has 7 nitrogen and oxygen atoms in total. The molecule has 186 valence electrons. The van der Waals surface area contributed by atoms with Gasteiger partial charge in [0.25, 0.3) is 0 Å². The highest BCUT2D eigenvalue weighted by atomic mass is 35.5. The Hall–Kier alpha value is -2.36. The molecular formula is C23H28Cl2FN3O4S. The lowest BCUT2D eigenvalue weighted by molar-refractivity contribution is -0.139. The first-order chi connectivity index (χ1) is 15.8. The van der Waals surface area contributed by atoms with Crippen LogP contribution in [0, 0.1) is 11.7 Å². The molecule has 0 saturated carbocycles. The fourth-order valence-electron chi connectivity index (χ4n) is 3.09. The van der Waals surface area contributed by atoms with Crippen molar-refractivity contribution in [2.75, 3.05) is 23.7 Å². The third-order valence-corrected chi connectivity index (χ3v) is 6.86. The predicted octanol–water partition coefficient (Wildman–Crippen LogP) is 4.09. The highest BCUT2D eigenvalue weighted by molar-refractivity contribution is 7.92. The monoisotopic (exact) mass is 531 g/mol. The van der Waals surface area contributed by atoms with E-state index < -0.39 is 34.3 Å². The normalized spacial score (nSPS) is 12.4. The number of nitrogens with zero attached hydrogens (tertiary/aromatic N) is 2. The van der Waals surface area contributed by atoms with Crippen molar-refractivity contribution in [3.63, 3.8) is 0 Å². The van der Waals surface area contributed by atoms with Crippen LogP contribution >= 0.6 is 23.2 Å². The third-order valence-electron chi connectivity index (χ3n) is 4.98. The lowest BCUT2D eigenvalue weighted by atomic mass is 10.1. The van der Waals surface area contributed by atoms with Gasteiger partial charge in [0.1, 0.15) is 18.4 Å². The van der Waals surface area contributed by atoms with Crippen molar-refractivity contribution >= 4 is 50.7 Å². The van der Waals surface area contributed by atoms with E-state index in [1.807, 2.05) is 13.8 Å². The van der Waals surface area contributed by atoms with E-state index in [4.69, 9.17) is 23.2 Å². The van der Waals surface area contributed by atoms with Crippen LogP contribution in [0.15, 0.2) is 42.5 Å². The second-order valence-electron chi connectivity index (χ2n) is 8.33. The second kappa shape index (κ2) is 11.9. The summed E-state index contributed by atoms with van der Waals surface area (Å²) in [7, 11) is -3.89. The molecule has 1 atom stereocenters. The molecule has 0 heterocycles. The van der Waals surface area contributed by atoms with Gasteiger partial charge in [0.15, 0.2) is 0 Å². The molecule has 0 spiro atoms. The van der Waals surface area contributed by atoms with Crippen molar-refractivity contribution < 1.29 is 22.4 Å². The van der Waals surface area contributed by atoms with Gasteiger partial charge in [-0.1, -0.05) is 43.1 Å². The summed E-state index contributed by atoms with van der Waals surface area (Å²) in [5.41, 5.74) is 0.739. The molecule has 0 saturated heterocycles. The summed E-state index contributed by atoms with van der Waals surface area (Å²) in [6.07, 6.45) is 0.950. The number of halogens is 3. The van der Waals surface area contributed by atoms with Gasteiger partial charge in [-0.3, -0.25) is 13.9 Å². The predicted molar refractivity (Wildman–Crippen MR) is 133 cm³/mol. The highest BCUT2D eigenvalue weighted by Gasteiger charge is 2.30. The highest BCUT2D eigenvalue weighted by Crippen LogP contribution is 2.24. The van der Waals surface area contributed by atoms with Gasteiger partial charge in [-0.15, -0.1) is 0 Å². The van der Waals surface area contributed by atoms with Gasteiger partial charge in [0.05, 0.1) is 22.0 Å². The van der Waals surface area contributed by atoms with Gasteiger partial charge in [-0.25, -0.2) is 12.8 Å². The molecule has 0 aliphatic rings. The maximum atomic E-state index is 13.4. The van der Waals surface area contributed by atoms with Gasteiger partial charge in [-0.05, 0) is 54.8 Å². The van der Waals surface area contributed by atoms with E-state index in [-0.39, 0.29) is 29.1 Å². The average Bonchev–Trinajstić information content (AvgIpc) is 2.75. The number of benzene rings is 2. The number of carbonyl (C=O) groups is 2. The first kappa shape index (κ1) is 27.9. The van der Waals surface area contributed by atoms with E-state index in [1.165, 1.54) is 17.0 Å². The zero-order valence-corrected chi connectivity index (χ0v) is 21.7. The van der Waals surface area contributed by atoms with Gasteiger partial charge in [-0.2, -0.15) is 0 Å². The molecule has 2 rings (SSSR count). The number of amides is 2. The summed E-state index contributed by atoms with van der Waals surface area (Å²) in [6.45, 7) is 5.28. The van der Waals surface area contributed by atoms with E-state index >= 15 is 0 Å². The zero-order chi connectivity index (χ0) is 25.6. The third kappa shape index (κ3) is 7.85. The van der Waals surface area contributed by atoms with E-state index in [0.29, 0.717) is 17.1 Å². The number of hydrogen-bond acceptors (Lipinski definition) is 4. The summed E-state index contributed by atoms with van der Waals surface area (Å²) in [4.78, 5) is 27.4. The van der Waals surface area contributed by atoms with Crippen molar-refractivity contribution in [1.82, 2.24) is 10.2 Å². The quantitative estimate of drug-likeness (QED) is 0.500. The van der Waals surface area contributed by atoms with Crippen LogP contribution in [0.3, 0.4) is 0 Å². The first-order valence-electron chi connectivity index (χ1n) is 10.5. The number of anilines is 1. The van der Waals surface area contributed by atoms with Crippen molar-refractivity contribution in [3.05, 3.63) is 63.9 Å². The molecule has 0 bridgehead atoms. The van der Waals surface area contributed by atoms with Gasteiger partial charge in [0, 0.05) is 13.1 Å². The molecule has 0 radical (unpaired) electrons. The Bertz CT molecular complexity index is 1130. The fourth-order valence-corrected chi connectivity index (χ4v) is 4.26. The smallest absolute Gasteiger partial charge is 0.244 e. The van der Waals surface area contributed by atoms with Crippen LogP contribution in [0.5, 0.6) is 0 Å². The molecule has 0 aromatic heterocycles. The molecule has 0 unspecified atom stereocenters. The maximum Gasteiger partial charge on any atom is 0.244 e. The van der Waals surface area contributed by atoms with Gasteiger partial charge >= 0.3 is 0 Å². The van der Waals surface area contributed by atoms with Crippen molar-refractivity contribution in [3.8, 4) is 0 Å². The Morgan fingerprint density at radius 2 is 1.65 bits per heavy atom. The minimum Gasteiger partial charge on any atom is -0.354 e. The van der Waals surface area contributed by atoms with Gasteiger partial charge < -0.3 is 10.2 Å². The number of sulfonamides is 1. The van der Waals surface area contributed by atoms with E-state index in [9.17, 15) is 22.4 Å². The Labute approximate surface area is 209 Å². The summed E-state index contributed by atoms with van der Waals surface area (Å²) in [6, 6.07) is 8.67. The standard InChI is InChI=1S/C23H28Cl2FN3O4S/c1-15(2)12-27-23(31)16(3)28(13-17-5-10-20(24)21(25)11-17)22(30)14-29(34(4,32)33)19-8-6-18(26)7-9-19/h5-11,15-16H,12-14H2,1-4H3,(H,27,31)/t16-/m1/s1. The number of carbonyl (C=O) groups excluding carboxylic acids is 2. The van der Waals surface area contributed by atoms with Crippen LogP contribution in [0.25, 0.3) is 0 Å². The Morgan fingerprint density at radius 1 is 1.03 bits per heavy atom. The molecule has 0 aliphatic carbocycles. The topological polar surface area (TPSA) is 86.8 Å². The zero-order valence-electron chi connectivity index (χ0n) is 19.4. The Balaban J connectivity index is 2.38. The molecule has 2 amide bonds. The van der Waals surface area contributed by atoms with E-state index in [0.717, 1.165) is 22.7 Å². The SMILES string of the molecule is CC(C)CNC(=O)[C@@H](C)N(Cc1ccc(Cl)c(Cl)c1)C(=O)CN(c1ccc(F)cc1)S(C)(=O)=O. The molecule has 34 heavy (non-hydrogen) atoms. The minimum atomic E-state index is -3.89. The number of nitrogens with one attached hydrogen (secondary N) is 1. The fraction of sp³-hybridized carbons (Fsp3) is 0.391. The van der Waals surface area contributed by atoms with E-state index in [2.05, 4.69) is 5.32 Å². The van der Waals surface area contributed by atoms with Crippen LogP contribution in [0.2, 0.25) is 10.0 Å². The average molecular weight is 532 g/mol. The van der Waals surface area contributed by atoms with E-state index in [1.54, 1.807) is 25.1 Å². The van der Waals surface area contributed by atoms with Crippen molar-refractivity contribution in [2.24, 2.45) is 5.92 Å². The second-order valence-corrected chi connectivity index (χ2v) is 11.1. The Kier molecular flexibility index (Phi) is 9.73. The Morgan fingerprint density at radius 3 is 2.18 bits per heavy atom. The molecule has 11 heteroatoms. The van der Waals surface area contributed by atoms with Crippen LogP contribution in [0.1, 0.15) is 26.3 Å². The maximum absolute atomic E-state index is 13.4. The number of hydrogen-bond donors (Lipinski definition) is 1. The molecule has 0 fully saturated rings. The molecule has 1 N–H and O–H groups in total. The summed E-state index contributed by atoms with van der Waals surface area (Å²) in [5, 5.41) is 3.41. The van der Waals surface area contributed by atoms with Gasteiger partial charge in [0.2, 0.25) is 21.8 Å². The molecular weight excluding hydrogens is 504 g/mol. The summed E-state index contributed by atoms with van der Waals surface area (Å²) in [5.74, 6) is -1.34. The molecule has 2 aromatic rings. The number of rotatable bonds is 10. The molecule has 2 aromatic carbocycles. The first-order valence-corrected chi connectivity index (χ1v) is 13.1. The van der Waals surface area contributed by atoms with Crippen LogP contribution in [-0.2, 0) is 26.2 Å². The largest absolute Gasteiger partial charge is 0.354 e. The van der Waals surface area contributed by atoms with Crippen LogP contribution < -0.4 is 9.62 Å². The molecule has 0 aliphatic heterocycles. The van der Waals surface area contributed by atoms with Crippen LogP contribution in [-0.4, -0.2) is 50.5 Å². The lowest BCUT2D eigenvalue weighted by Gasteiger charge is -2.31. The van der Waals surface area contributed by atoms with Crippen molar-refractivity contribution in [2.45, 2.75) is 33.4 Å². The minimum absolute atomic E-state index is 0.00694. The van der Waals surface area contributed by atoms with Crippen molar-refractivity contribution in [1.29, 1.82) is 0 Å².